The van der Waals surface area contributed by atoms with E-state index in [9.17, 15) is 29.4 Å². The third-order valence-corrected chi connectivity index (χ3v) is 8.50. The summed E-state index contributed by atoms with van der Waals surface area (Å²) in [6.45, 7) is 3.17. The molecule has 0 saturated heterocycles. The molecule has 0 unspecified atom stereocenters. The van der Waals surface area contributed by atoms with Crippen molar-refractivity contribution in [1.82, 2.24) is 0 Å². The zero-order chi connectivity index (χ0) is 24.2. The number of ether oxygens (including phenoxy) is 1. The van der Waals surface area contributed by atoms with Gasteiger partial charge in [-0.1, -0.05) is 30.2 Å². The Balaban J connectivity index is 1.58. The molecule has 8 nitrogen and oxygen atoms in total. The monoisotopic (exact) mass is 458 g/mol. The molecule has 0 heterocycles. The van der Waals surface area contributed by atoms with Crippen LogP contribution in [0.15, 0.2) is 35.5 Å². The highest BCUT2D eigenvalue weighted by atomic mass is 16.5. The molecule has 178 valence electrons. The molecule has 0 spiro atoms. The number of aliphatic hydroxyl groups excluding tert-OH is 1. The first-order chi connectivity index (χ1) is 15.4. The van der Waals surface area contributed by atoms with Gasteiger partial charge in [0.05, 0.1) is 18.9 Å². The van der Waals surface area contributed by atoms with Crippen LogP contribution in [0.4, 0.5) is 0 Å². The average Bonchev–Trinajstić information content (AvgIpc) is 2.98. The Morgan fingerprint density at radius 1 is 1.21 bits per heavy atom. The predicted octanol–water partition coefficient (Wildman–Crippen LogP) is 1.89. The Morgan fingerprint density at radius 3 is 2.64 bits per heavy atom. The first-order valence-electron chi connectivity index (χ1n) is 11.4. The molecule has 0 bridgehead atoms. The van der Waals surface area contributed by atoms with E-state index in [-0.39, 0.29) is 35.9 Å². The molecular weight excluding hydrogens is 428 g/mol. The fourth-order valence-electron chi connectivity index (χ4n) is 6.59. The molecule has 6 atom stereocenters. The smallest absolute Gasteiger partial charge is 0.306 e. The van der Waals surface area contributed by atoms with Gasteiger partial charge in [-0.3, -0.25) is 19.2 Å². The lowest BCUT2D eigenvalue weighted by molar-refractivity contribution is -0.174. The molecule has 4 aliphatic rings. The Morgan fingerprint density at radius 2 is 1.94 bits per heavy atom. The van der Waals surface area contributed by atoms with Crippen molar-refractivity contribution in [2.75, 3.05) is 6.61 Å². The second kappa shape index (κ2) is 8.02. The Hall–Kier alpha value is -2.58. The van der Waals surface area contributed by atoms with Crippen LogP contribution in [0.2, 0.25) is 0 Å². The molecule has 0 aromatic rings. The second-order valence-corrected chi connectivity index (χ2v) is 10.1. The van der Waals surface area contributed by atoms with E-state index in [1.807, 2.05) is 12.2 Å². The molecule has 0 amide bonds. The number of carboxylic acids is 1. The minimum atomic E-state index is -2.08. The van der Waals surface area contributed by atoms with Gasteiger partial charge in [0.2, 0.25) is 5.78 Å². The van der Waals surface area contributed by atoms with Gasteiger partial charge in [-0.15, -0.1) is 0 Å². The number of carbonyl (C=O) groups excluding carboxylic acids is 3. The summed E-state index contributed by atoms with van der Waals surface area (Å²) in [5.74, 6) is -2.90. The van der Waals surface area contributed by atoms with Gasteiger partial charge >= 0.3 is 11.9 Å². The topological polar surface area (TPSA) is 138 Å². The molecule has 2 saturated carbocycles. The number of allylic oxidation sites excluding steroid dienone is 6. The van der Waals surface area contributed by atoms with E-state index < -0.39 is 47.9 Å². The van der Waals surface area contributed by atoms with Crippen LogP contribution in [0.5, 0.6) is 0 Å². The van der Waals surface area contributed by atoms with Crippen LogP contribution >= 0.6 is 0 Å². The number of hydrogen-bond donors (Lipinski definition) is 3. The zero-order valence-corrected chi connectivity index (χ0v) is 18.9. The van der Waals surface area contributed by atoms with Crippen molar-refractivity contribution in [2.45, 2.75) is 64.1 Å². The maximum atomic E-state index is 13.1. The number of fused-ring (bicyclic) bond motifs is 5. The van der Waals surface area contributed by atoms with Crippen molar-refractivity contribution in [2.24, 2.45) is 22.7 Å². The highest BCUT2D eigenvalue weighted by molar-refractivity contribution is 6.01. The molecule has 4 rings (SSSR count). The summed E-state index contributed by atoms with van der Waals surface area (Å²) in [6.07, 6.45) is 7.27. The quantitative estimate of drug-likeness (QED) is 0.405. The third-order valence-electron chi connectivity index (χ3n) is 8.50. The summed E-state index contributed by atoms with van der Waals surface area (Å²) in [4.78, 5) is 47.4. The first-order valence-corrected chi connectivity index (χ1v) is 11.4. The van der Waals surface area contributed by atoms with E-state index in [1.54, 1.807) is 19.1 Å². The van der Waals surface area contributed by atoms with Gasteiger partial charge in [0.1, 0.15) is 0 Å². The molecule has 2 fully saturated rings. The number of hydrogen-bond acceptors (Lipinski definition) is 7. The number of carbonyl (C=O) groups is 4. The van der Waals surface area contributed by atoms with Crippen molar-refractivity contribution in [3.8, 4) is 0 Å². The molecule has 0 aromatic carbocycles. The highest BCUT2D eigenvalue weighted by Gasteiger charge is 2.68. The Kier molecular flexibility index (Phi) is 5.73. The number of esters is 1. The van der Waals surface area contributed by atoms with E-state index in [4.69, 9.17) is 9.84 Å². The minimum Gasteiger partial charge on any atom is -0.481 e. The number of rotatable bonds is 6. The Labute approximate surface area is 192 Å². The molecule has 0 radical (unpaired) electrons. The van der Waals surface area contributed by atoms with E-state index in [0.29, 0.717) is 6.42 Å². The lowest BCUT2D eigenvalue weighted by Crippen LogP contribution is -2.59. The average molecular weight is 459 g/mol. The fourth-order valence-corrected chi connectivity index (χ4v) is 6.59. The van der Waals surface area contributed by atoms with Gasteiger partial charge in [-0.25, -0.2) is 0 Å². The largest absolute Gasteiger partial charge is 0.481 e. The van der Waals surface area contributed by atoms with Crippen LogP contribution in [-0.2, 0) is 23.9 Å². The SMILES string of the molecule is C[C@]12C=CC(=O)C=C1CC[C@@H]1C2=CC[C@@]2(C)[C@H]1C[C@@H](O)[C@]2(O)C(=O)COC(=O)CCC(=O)O. The Bertz CT molecular complexity index is 1010. The van der Waals surface area contributed by atoms with Crippen molar-refractivity contribution in [1.29, 1.82) is 0 Å². The lowest BCUT2D eigenvalue weighted by atomic mass is 9.51. The van der Waals surface area contributed by atoms with E-state index in [2.05, 4.69) is 6.92 Å². The number of carboxylic acid groups (broad SMARTS) is 1. The van der Waals surface area contributed by atoms with Crippen molar-refractivity contribution < 1.29 is 39.2 Å². The van der Waals surface area contributed by atoms with Crippen LogP contribution < -0.4 is 0 Å². The molecule has 8 heteroatoms. The number of ketones is 2. The van der Waals surface area contributed by atoms with Gasteiger partial charge in [-0.05, 0) is 56.6 Å². The van der Waals surface area contributed by atoms with Crippen molar-refractivity contribution in [3.63, 3.8) is 0 Å². The predicted molar refractivity (Wildman–Crippen MR) is 116 cm³/mol. The fraction of sp³-hybridized carbons (Fsp3) is 0.600. The maximum absolute atomic E-state index is 13.1. The molecule has 0 aliphatic heterocycles. The summed E-state index contributed by atoms with van der Waals surface area (Å²) in [7, 11) is 0. The summed E-state index contributed by atoms with van der Waals surface area (Å²) >= 11 is 0. The van der Waals surface area contributed by atoms with Gasteiger partial charge in [0, 0.05) is 10.8 Å². The maximum Gasteiger partial charge on any atom is 0.306 e. The summed E-state index contributed by atoms with van der Waals surface area (Å²) in [5, 5.41) is 31.1. The van der Waals surface area contributed by atoms with Crippen LogP contribution in [0.25, 0.3) is 0 Å². The number of Topliss-reactive ketones (excluding diaryl/α,β-unsaturated/α-hetero) is 1. The van der Waals surface area contributed by atoms with Crippen LogP contribution in [-0.4, -0.2) is 57.1 Å². The summed E-state index contributed by atoms with van der Waals surface area (Å²) < 4.78 is 4.92. The standard InChI is InChI=1S/C25H30O8/c1-23-9-7-15(26)11-14(23)3-4-16-17(23)8-10-24(2)18(16)12-19(27)25(24,32)20(28)13-33-22(31)6-5-21(29)30/h7-9,11,16,18-19,27,32H,3-6,10,12-13H2,1-2H3,(H,29,30)/t16-,18+,19-,23+,24+,25+/m1/s1. The van der Waals surface area contributed by atoms with Gasteiger partial charge in [0.25, 0.3) is 0 Å². The summed E-state index contributed by atoms with van der Waals surface area (Å²) in [6, 6.07) is 0. The van der Waals surface area contributed by atoms with Gasteiger partial charge < -0.3 is 20.1 Å². The van der Waals surface area contributed by atoms with Gasteiger partial charge in [-0.2, -0.15) is 0 Å². The molecule has 4 aliphatic carbocycles. The highest BCUT2D eigenvalue weighted by Crippen LogP contribution is 2.65. The van der Waals surface area contributed by atoms with Gasteiger partial charge in [0.15, 0.2) is 18.0 Å². The number of aliphatic carboxylic acids is 1. The van der Waals surface area contributed by atoms with Crippen LogP contribution in [0.3, 0.4) is 0 Å². The molecule has 0 aromatic heterocycles. The van der Waals surface area contributed by atoms with Crippen molar-refractivity contribution >= 4 is 23.5 Å². The summed E-state index contributed by atoms with van der Waals surface area (Å²) in [5.41, 5.74) is -1.18. The van der Waals surface area contributed by atoms with Crippen molar-refractivity contribution in [3.05, 3.63) is 35.5 Å². The third kappa shape index (κ3) is 3.51. The first kappa shape index (κ1) is 23.6. The van der Waals surface area contributed by atoms with Crippen LogP contribution in [0, 0.1) is 22.7 Å². The zero-order valence-electron chi connectivity index (χ0n) is 18.9. The minimum absolute atomic E-state index is 0.0173. The number of aliphatic hydroxyl groups is 2. The van der Waals surface area contributed by atoms with E-state index in [1.165, 1.54) is 0 Å². The lowest BCUT2D eigenvalue weighted by Gasteiger charge is -2.53. The molecule has 33 heavy (non-hydrogen) atoms. The molecule has 3 N–H and O–H groups in total. The van der Waals surface area contributed by atoms with E-state index >= 15 is 0 Å². The van der Waals surface area contributed by atoms with E-state index in [0.717, 1.165) is 24.0 Å². The molecular formula is C25H30O8. The normalized spacial score (nSPS) is 39.0. The second-order valence-electron chi connectivity index (χ2n) is 10.1. The van der Waals surface area contributed by atoms with Crippen LogP contribution in [0.1, 0.15) is 52.4 Å².